The summed E-state index contributed by atoms with van der Waals surface area (Å²) >= 11 is 0. The Kier molecular flexibility index (Phi) is 28.7. The molecule has 0 bridgehead atoms. The molecule has 0 aliphatic heterocycles. The van der Waals surface area contributed by atoms with Crippen LogP contribution in [-0.4, -0.2) is 98.9 Å². The van der Waals surface area contributed by atoms with Crippen LogP contribution in [0.4, 0.5) is 0 Å². The molecule has 0 amide bonds. The van der Waals surface area contributed by atoms with Crippen molar-refractivity contribution in [1.82, 2.24) is 0 Å². The topological polar surface area (TPSA) is 192 Å². The lowest BCUT2D eigenvalue weighted by atomic mass is 9.85. The van der Waals surface area contributed by atoms with Crippen LogP contribution in [0, 0.1) is 0 Å². The van der Waals surface area contributed by atoms with E-state index in [1.54, 1.807) is 0 Å². The Morgan fingerprint density at radius 1 is 0.593 bits per heavy atom. The lowest BCUT2D eigenvalue weighted by Gasteiger charge is -2.41. The van der Waals surface area contributed by atoms with E-state index < -0.39 is 63.1 Å². The monoisotopic (exact) mass is 780 g/mol. The number of rotatable bonds is 29. The summed E-state index contributed by atoms with van der Waals surface area (Å²) in [5, 5.41) is 49.9. The summed E-state index contributed by atoms with van der Waals surface area (Å²) in [7, 11) is -5.05. The van der Waals surface area contributed by atoms with E-state index in [9.17, 15) is 39.8 Å². The Bertz CT molecular complexity index is 1250. The number of ether oxygens (including phenoxy) is 2. The summed E-state index contributed by atoms with van der Waals surface area (Å²) in [6, 6.07) is 0. The van der Waals surface area contributed by atoms with E-state index in [-0.39, 0.29) is 13.0 Å². The van der Waals surface area contributed by atoms with Crippen LogP contribution in [0.2, 0.25) is 0 Å². The second-order valence-corrected chi connectivity index (χ2v) is 14.1. The van der Waals surface area contributed by atoms with Crippen LogP contribution in [0.3, 0.4) is 0 Å². The highest BCUT2D eigenvalue weighted by atomic mass is 31.2. The maximum atomic E-state index is 12.7. The second-order valence-electron chi connectivity index (χ2n) is 12.7. The van der Waals surface area contributed by atoms with Gasteiger partial charge in [0, 0.05) is 13.0 Å². The maximum Gasteiger partial charge on any atom is 0.472 e. The van der Waals surface area contributed by atoms with Gasteiger partial charge in [-0.3, -0.25) is 13.8 Å². The molecule has 1 aliphatic rings. The van der Waals surface area contributed by atoms with Crippen LogP contribution >= 0.6 is 7.82 Å². The van der Waals surface area contributed by atoms with E-state index in [1.807, 2.05) is 24.3 Å². The van der Waals surface area contributed by atoms with Gasteiger partial charge < -0.3 is 39.9 Å². The predicted octanol–water partition coefficient (Wildman–Crippen LogP) is 6.41. The number of esters is 1. The first-order valence-electron chi connectivity index (χ1n) is 19.1. The van der Waals surface area contributed by atoms with Crippen LogP contribution in [-0.2, 0) is 27.9 Å². The van der Waals surface area contributed by atoms with Gasteiger partial charge in [-0.1, -0.05) is 111 Å². The molecule has 1 fully saturated rings. The quantitative estimate of drug-likeness (QED) is 0.0212. The van der Waals surface area contributed by atoms with E-state index in [0.29, 0.717) is 25.9 Å². The molecule has 13 heteroatoms. The Morgan fingerprint density at radius 3 is 1.46 bits per heavy atom. The molecule has 0 saturated heterocycles. The SMILES string of the molecule is CC/C=C\C/C=C\C/C=C\C/C=C\CCCOCC(COP(=O)(O)OC1C(O)C(O)C(O)C(O)C1O)OC(=O)CC/C=C\C/C=C\C/C=C\C/C=C\CC. The van der Waals surface area contributed by atoms with Gasteiger partial charge in [0.1, 0.15) is 42.7 Å². The third-order valence-electron chi connectivity index (χ3n) is 7.97. The molecule has 6 unspecified atom stereocenters. The summed E-state index contributed by atoms with van der Waals surface area (Å²) in [6.45, 7) is 3.75. The van der Waals surface area contributed by atoms with E-state index in [1.165, 1.54) is 0 Å². The van der Waals surface area contributed by atoms with Crippen molar-refractivity contribution in [2.75, 3.05) is 19.8 Å². The minimum absolute atomic E-state index is 0.0441. The largest absolute Gasteiger partial charge is 0.472 e. The molecule has 6 N–H and O–H groups in total. The molecule has 1 saturated carbocycles. The first-order chi connectivity index (χ1) is 26.0. The number of phosphoric acid groups is 1. The molecule has 0 heterocycles. The summed E-state index contributed by atoms with van der Waals surface area (Å²) in [5.74, 6) is -0.582. The lowest BCUT2D eigenvalue weighted by Crippen LogP contribution is -2.64. The van der Waals surface area contributed by atoms with Gasteiger partial charge in [0.2, 0.25) is 0 Å². The van der Waals surface area contributed by atoms with Gasteiger partial charge in [-0.2, -0.15) is 0 Å². The Morgan fingerprint density at radius 2 is 1.00 bits per heavy atom. The van der Waals surface area contributed by atoms with Gasteiger partial charge in [-0.15, -0.1) is 0 Å². The highest BCUT2D eigenvalue weighted by molar-refractivity contribution is 7.47. The fourth-order valence-corrected chi connectivity index (χ4v) is 5.93. The molecule has 12 nitrogen and oxygen atoms in total. The van der Waals surface area contributed by atoms with Gasteiger partial charge in [0.05, 0.1) is 13.2 Å². The molecular formula is C41H65O12P. The number of carbonyl (C=O) groups is 1. The smallest absolute Gasteiger partial charge is 0.457 e. The molecule has 0 aromatic rings. The van der Waals surface area contributed by atoms with E-state index in [2.05, 4.69) is 86.8 Å². The molecular weight excluding hydrogens is 715 g/mol. The van der Waals surface area contributed by atoms with Gasteiger partial charge in [-0.25, -0.2) is 4.57 Å². The fraction of sp³-hybridized carbons (Fsp3) is 0.585. The minimum Gasteiger partial charge on any atom is -0.457 e. The zero-order chi connectivity index (χ0) is 39.9. The van der Waals surface area contributed by atoms with Crippen molar-refractivity contribution in [3.63, 3.8) is 0 Å². The average molecular weight is 781 g/mol. The molecule has 306 valence electrons. The predicted molar refractivity (Wildman–Crippen MR) is 211 cm³/mol. The van der Waals surface area contributed by atoms with E-state index in [4.69, 9.17) is 18.5 Å². The zero-order valence-electron chi connectivity index (χ0n) is 32.0. The average Bonchev–Trinajstić information content (AvgIpc) is 3.15. The number of aliphatic hydroxyl groups is 5. The van der Waals surface area contributed by atoms with Crippen LogP contribution in [0.25, 0.3) is 0 Å². The van der Waals surface area contributed by atoms with Crippen LogP contribution in [0.1, 0.15) is 90.9 Å². The van der Waals surface area contributed by atoms with Crippen molar-refractivity contribution in [3.05, 3.63) is 97.2 Å². The van der Waals surface area contributed by atoms with Crippen LogP contribution in [0.5, 0.6) is 0 Å². The molecule has 0 aromatic carbocycles. The van der Waals surface area contributed by atoms with Crippen LogP contribution in [0.15, 0.2) is 97.2 Å². The third-order valence-corrected chi connectivity index (χ3v) is 8.95. The summed E-state index contributed by atoms with van der Waals surface area (Å²) < 4.78 is 33.8. The molecule has 0 radical (unpaired) electrons. The normalized spacial score (nSPS) is 24.5. The highest BCUT2D eigenvalue weighted by Gasteiger charge is 2.51. The van der Waals surface area contributed by atoms with Crippen molar-refractivity contribution in [1.29, 1.82) is 0 Å². The molecule has 0 aromatic heterocycles. The fourth-order valence-electron chi connectivity index (χ4n) is 4.96. The molecule has 6 atom stereocenters. The Hall–Kier alpha value is -2.74. The summed E-state index contributed by atoms with van der Waals surface area (Å²) in [6.07, 6.45) is 29.5. The first-order valence-corrected chi connectivity index (χ1v) is 20.6. The number of aliphatic hydroxyl groups excluding tert-OH is 5. The number of unbranched alkanes of at least 4 members (excludes halogenated alkanes) is 1. The van der Waals surface area contributed by atoms with Crippen molar-refractivity contribution in [3.8, 4) is 0 Å². The van der Waals surface area contributed by atoms with Crippen molar-refractivity contribution < 1.29 is 58.3 Å². The molecule has 1 rings (SSSR count). The highest BCUT2D eigenvalue weighted by Crippen LogP contribution is 2.47. The number of phosphoric ester groups is 1. The zero-order valence-corrected chi connectivity index (χ0v) is 32.9. The Labute approximate surface area is 322 Å². The molecule has 54 heavy (non-hydrogen) atoms. The van der Waals surface area contributed by atoms with E-state index >= 15 is 0 Å². The standard InChI is InChI=1S/C41H65O12P/c1-3-5-7-9-11-13-15-17-19-21-23-25-27-29-31-50-32-34(33-51-54(48,49)53-41-39(46)37(44)36(43)38(45)40(41)47)52-35(42)30-28-26-24-22-20-18-16-14-12-10-8-6-4-2/h5-8,11-14,17-20,23-26,34,36-41,43-47H,3-4,9-10,15-16,21-22,27-33H2,1-2H3,(H,48,49)/b7-5-,8-6-,13-11-,14-12-,19-17-,20-18-,25-23-,26-24-. The van der Waals surface area contributed by atoms with Crippen molar-refractivity contribution in [2.45, 2.75) is 134 Å². The maximum absolute atomic E-state index is 12.7. The van der Waals surface area contributed by atoms with Crippen molar-refractivity contribution >= 4 is 13.8 Å². The van der Waals surface area contributed by atoms with Gasteiger partial charge in [0.15, 0.2) is 0 Å². The third kappa shape index (κ3) is 23.9. The molecule has 0 spiro atoms. The van der Waals surface area contributed by atoms with Gasteiger partial charge in [0.25, 0.3) is 0 Å². The van der Waals surface area contributed by atoms with Gasteiger partial charge in [-0.05, 0) is 70.6 Å². The van der Waals surface area contributed by atoms with Gasteiger partial charge >= 0.3 is 13.8 Å². The number of carbonyl (C=O) groups excluding carboxylic acids is 1. The van der Waals surface area contributed by atoms with Crippen LogP contribution < -0.4 is 0 Å². The first kappa shape index (κ1) is 49.3. The summed E-state index contributed by atoms with van der Waals surface area (Å²) in [4.78, 5) is 22.9. The summed E-state index contributed by atoms with van der Waals surface area (Å²) in [5.41, 5.74) is 0. The number of hydrogen-bond acceptors (Lipinski definition) is 11. The molecule has 1 aliphatic carbocycles. The second kappa shape index (κ2) is 31.5. The Balaban J connectivity index is 2.59. The van der Waals surface area contributed by atoms with Crippen molar-refractivity contribution in [2.24, 2.45) is 0 Å². The van der Waals surface area contributed by atoms with E-state index in [0.717, 1.165) is 51.4 Å². The number of hydrogen-bond donors (Lipinski definition) is 6. The minimum atomic E-state index is -5.05. The number of allylic oxidation sites excluding steroid dienone is 16. The lowest BCUT2D eigenvalue weighted by molar-refractivity contribution is -0.220.